The highest BCUT2D eigenvalue weighted by molar-refractivity contribution is 5.34. The quantitative estimate of drug-likeness (QED) is 0.879. The highest BCUT2D eigenvalue weighted by atomic mass is 16.5. The van der Waals surface area contributed by atoms with E-state index in [0.29, 0.717) is 0 Å². The fraction of sp³-hybridized carbons (Fsp3) is 0.647. The van der Waals surface area contributed by atoms with E-state index in [1.165, 1.54) is 43.5 Å². The third-order valence-corrected chi connectivity index (χ3v) is 4.22. The first-order valence-electron chi connectivity index (χ1n) is 7.41. The van der Waals surface area contributed by atoms with E-state index in [0.717, 1.165) is 12.5 Å². The molecule has 0 aliphatic carbocycles. The molecule has 1 aromatic rings. The smallest absolute Gasteiger partial charge is 0.0553 e. The maximum atomic E-state index is 5.40. The van der Waals surface area contributed by atoms with Crippen LogP contribution in [0.2, 0.25) is 0 Å². The molecule has 1 heterocycles. The van der Waals surface area contributed by atoms with Crippen LogP contribution in [0.4, 0.5) is 0 Å². The Morgan fingerprint density at radius 3 is 2.58 bits per heavy atom. The fourth-order valence-electron chi connectivity index (χ4n) is 3.19. The van der Waals surface area contributed by atoms with Crippen molar-refractivity contribution >= 4 is 0 Å². The van der Waals surface area contributed by atoms with E-state index in [9.17, 15) is 0 Å². The number of rotatable bonds is 5. The van der Waals surface area contributed by atoms with Crippen molar-refractivity contribution in [3.63, 3.8) is 0 Å². The lowest BCUT2D eigenvalue weighted by atomic mass is 9.79. The Morgan fingerprint density at radius 2 is 1.89 bits per heavy atom. The monoisotopic (exact) mass is 261 g/mol. The maximum Gasteiger partial charge on any atom is 0.0553 e. The molecule has 1 aliphatic rings. The third-order valence-electron chi connectivity index (χ3n) is 4.22. The second-order valence-electron chi connectivity index (χ2n) is 6.37. The van der Waals surface area contributed by atoms with Crippen LogP contribution >= 0.6 is 0 Å². The summed E-state index contributed by atoms with van der Waals surface area (Å²) >= 11 is 0. The molecule has 0 spiro atoms. The number of nitrogens with one attached hydrogen (secondary N) is 1. The molecule has 0 unspecified atom stereocenters. The van der Waals surface area contributed by atoms with Gasteiger partial charge in [0.1, 0.15) is 0 Å². The van der Waals surface area contributed by atoms with Crippen LogP contribution in [0, 0.1) is 5.92 Å². The average Bonchev–Trinajstić information content (AvgIpc) is 2.40. The molecule has 1 aliphatic heterocycles. The van der Waals surface area contributed by atoms with Crippen LogP contribution in [0.1, 0.15) is 37.8 Å². The SMILES string of the molecule is COCC(C)(C)c1ccccc1CC1CCNCC1. The summed E-state index contributed by atoms with van der Waals surface area (Å²) in [4.78, 5) is 0. The minimum absolute atomic E-state index is 0.0955. The van der Waals surface area contributed by atoms with Crippen LogP contribution in [0.5, 0.6) is 0 Å². The maximum absolute atomic E-state index is 5.40. The van der Waals surface area contributed by atoms with Crippen LogP contribution in [-0.2, 0) is 16.6 Å². The van der Waals surface area contributed by atoms with Crippen molar-refractivity contribution in [3.8, 4) is 0 Å². The lowest BCUT2D eigenvalue weighted by Crippen LogP contribution is -2.30. The standard InChI is InChI=1S/C17H27NO/c1-17(2,13-19-3)16-7-5-4-6-15(16)12-14-8-10-18-11-9-14/h4-7,14,18H,8-13H2,1-3H3. The number of methoxy groups -OCH3 is 1. The lowest BCUT2D eigenvalue weighted by Gasteiger charge is -2.29. The van der Waals surface area contributed by atoms with Crippen LogP contribution in [0.15, 0.2) is 24.3 Å². The molecule has 106 valence electrons. The van der Waals surface area contributed by atoms with E-state index in [2.05, 4.69) is 43.4 Å². The first kappa shape index (κ1) is 14.5. The van der Waals surface area contributed by atoms with Gasteiger partial charge in [-0.15, -0.1) is 0 Å². The van der Waals surface area contributed by atoms with Crippen molar-refractivity contribution in [2.75, 3.05) is 26.8 Å². The van der Waals surface area contributed by atoms with Crippen molar-refractivity contribution in [3.05, 3.63) is 35.4 Å². The average molecular weight is 261 g/mol. The molecular formula is C17H27NO. The van der Waals surface area contributed by atoms with E-state index in [-0.39, 0.29) is 5.41 Å². The van der Waals surface area contributed by atoms with E-state index < -0.39 is 0 Å². The topological polar surface area (TPSA) is 21.3 Å². The second kappa shape index (κ2) is 6.53. The van der Waals surface area contributed by atoms with E-state index in [4.69, 9.17) is 4.74 Å². The summed E-state index contributed by atoms with van der Waals surface area (Å²) in [5.41, 5.74) is 3.06. The van der Waals surface area contributed by atoms with Gasteiger partial charge in [-0.05, 0) is 49.4 Å². The van der Waals surface area contributed by atoms with Crippen molar-refractivity contribution in [2.45, 2.75) is 38.5 Å². The minimum Gasteiger partial charge on any atom is -0.384 e. The number of piperidine rings is 1. The highest BCUT2D eigenvalue weighted by Crippen LogP contribution is 2.29. The Balaban J connectivity index is 2.15. The van der Waals surface area contributed by atoms with Crippen LogP contribution < -0.4 is 5.32 Å². The molecule has 19 heavy (non-hydrogen) atoms. The Morgan fingerprint density at radius 1 is 1.21 bits per heavy atom. The van der Waals surface area contributed by atoms with E-state index >= 15 is 0 Å². The predicted molar refractivity (Wildman–Crippen MR) is 80.6 cm³/mol. The largest absolute Gasteiger partial charge is 0.384 e. The molecule has 0 saturated carbocycles. The van der Waals surface area contributed by atoms with Gasteiger partial charge in [-0.3, -0.25) is 0 Å². The second-order valence-corrected chi connectivity index (χ2v) is 6.37. The van der Waals surface area contributed by atoms with Gasteiger partial charge in [-0.2, -0.15) is 0 Å². The predicted octanol–water partition coefficient (Wildman–Crippen LogP) is 3.15. The van der Waals surface area contributed by atoms with E-state index in [1.54, 1.807) is 7.11 Å². The Kier molecular flexibility index (Phi) is 5.00. The van der Waals surface area contributed by atoms with Gasteiger partial charge in [0, 0.05) is 12.5 Å². The first-order chi connectivity index (χ1) is 9.13. The fourth-order valence-corrected chi connectivity index (χ4v) is 3.19. The summed E-state index contributed by atoms with van der Waals surface area (Å²) in [5.74, 6) is 0.834. The van der Waals surface area contributed by atoms with Crippen molar-refractivity contribution in [2.24, 2.45) is 5.92 Å². The Bertz CT molecular complexity index is 394. The molecule has 0 bridgehead atoms. The molecule has 1 aromatic carbocycles. The molecule has 2 rings (SSSR count). The molecule has 0 amide bonds. The van der Waals surface area contributed by atoms with Crippen molar-refractivity contribution < 1.29 is 4.74 Å². The van der Waals surface area contributed by atoms with Crippen LogP contribution in [0.25, 0.3) is 0 Å². The molecule has 2 heteroatoms. The van der Waals surface area contributed by atoms with Gasteiger partial charge in [0.25, 0.3) is 0 Å². The first-order valence-corrected chi connectivity index (χ1v) is 7.41. The minimum atomic E-state index is 0.0955. The van der Waals surface area contributed by atoms with Crippen molar-refractivity contribution in [1.29, 1.82) is 0 Å². The Labute approximate surface area is 117 Å². The molecule has 0 atom stereocenters. The van der Waals surface area contributed by atoms with Gasteiger partial charge in [0.2, 0.25) is 0 Å². The third kappa shape index (κ3) is 3.80. The Hall–Kier alpha value is -0.860. The zero-order valence-corrected chi connectivity index (χ0v) is 12.5. The summed E-state index contributed by atoms with van der Waals surface area (Å²) in [6, 6.07) is 8.89. The van der Waals surface area contributed by atoms with Gasteiger partial charge in [-0.25, -0.2) is 0 Å². The van der Waals surface area contributed by atoms with Crippen molar-refractivity contribution in [1.82, 2.24) is 5.32 Å². The van der Waals surface area contributed by atoms with Crippen LogP contribution in [-0.4, -0.2) is 26.8 Å². The summed E-state index contributed by atoms with van der Waals surface area (Å²) in [7, 11) is 1.79. The molecule has 1 saturated heterocycles. The molecule has 1 N–H and O–H groups in total. The van der Waals surface area contributed by atoms with E-state index in [1.807, 2.05) is 0 Å². The summed E-state index contributed by atoms with van der Waals surface area (Å²) in [5, 5.41) is 3.45. The van der Waals surface area contributed by atoms with Gasteiger partial charge in [0.15, 0.2) is 0 Å². The highest BCUT2D eigenvalue weighted by Gasteiger charge is 2.24. The van der Waals surface area contributed by atoms with Gasteiger partial charge in [-0.1, -0.05) is 38.1 Å². The number of hydrogen-bond donors (Lipinski definition) is 1. The van der Waals surface area contributed by atoms with Gasteiger partial charge < -0.3 is 10.1 Å². The normalized spacial score (nSPS) is 17.6. The van der Waals surface area contributed by atoms with Gasteiger partial charge in [0.05, 0.1) is 6.61 Å². The van der Waals surface area contributed by atoms with Crippen LogP contribution in [0.3, 0.4) is 0 Å². The zero-order chi connectivity index (χ0) is 13.7. The summed E-state index contributed by atoms with van der Waals surface area (Å²) in [6.07, 6.45) is 3.82. The summed E-state index contributed by atoms with van der Waals surface area (Å²) in [6.45, 7) is 7.67. The zero-order valence-electron chi connectivity index (χ0n) is 12.5. The number of hydrogen-bond acceptors (Lipinski definition) is 2. The molecule has 0 aromatic heterocycles. The molecule has 2 nitrogen and oxygen atoms in total. The molecular weight excluding hydrogens is 234 g/mol. The molecule has 1 fully saturated rings. The summed E-state index contributed by atoms with van der Waals surface area (Å²) < 4.78 is 5.40. The van der Waals surface area contributed by atoms with Gasteiger partial charge >= 0.3 is 0 Å². The lowest BCUT2D eigenvalue weighted by molar-refractivity contribution is 0.146. The molecule has 0 radical (unpaired) electrons. The number of ether oxygens (including phenoxy) is 1. The number of benzene rings is 1.